The largest absolute Gasteiger partial charge is 0.493 e. The monoisotopic (exact) mass is 460 g/mol. The molecule has 0 spiro atoms. The van der Waals surface area contributed by atoms with Gasteiger partial charge < -0.3 is 20.1 Å². The molecule has 3 rings (SSSR count). The number of nitrogens with zero attached hydrogens (tertiary/aromatic N) is 2. The second kappa shape index (κ2) is 10.8. The first-order valence-corrected chi connectivity index (χ1v) is 10.7. The zero-order chi connectivity index (χ0) is 22.2. The second-order valence-electron chi connectivity index (χ2n) is 6.33. The summed E-state index contributed by atoms with van der Waals surface area (Å²) in [6, 6.07) is 12.5. The third-order valence-electron chi connectivity index (χ3n) is 4.10. The predicted molar refractivity (Wildman–Crippen MR) is 123 cm³/mol. The molecule has 1 unspecified atom stereocenters. The summed E-state index contributed by atoms with van der Waals surface area (Å²) in [7, 11) is 1.52. The summed E-state index contributed by atoms with van der Waals surface area (Å²) < 4.78 is 10.8. The number of ether oxygens (including phenoxy) is 2. The molecule has 0 bridgehead atoms. The molecule has 2 aromatic carbocycles. The van der Waals surface area contributed by atoms with Crippen LogP contribution in [0.2, 0.25) is 5.02 Å². The maximum Gasteiger partial charge on any atom is 0.240 e. The molecule has 1 fully saturated rings. The molecule has 0 aliphatic carbocycles. The molecule has 2 amide bonds. The number of para-hydroxylation sites is 1. The van der Waals surface area contributed by atoms with Gasteiger partial charge in [0.2, 0.25) is 11.8 Å². The van der Waals surface area contributed by atoms with E-state index < -0.39 is 5.25 Å². The van der Waals surface area contributed by atoms with Crippen LogP contribution in [0.5, 0.6) is 11.5 Å². The molecule has 0 aromatic heterocycles. The topological polar surface area (TPSA) is 101 Å². The molecule has 1 aliphatic rings. The Kier molecular flexibility index (Phi) is 7.91. The average molecular weight is 461 g/mol. The lowest BCUT2D eigenvalue weighted by molar-refractivity contribution is -0.122. The summed E-state index contributed by atoms with van der Waals surface area (Å²) in [6.07, 6.45) is 1.51. The highest BCUT2D eigenvalue weighted by Gasteiger charge is 2.32. The van der Waals surface area contributed by atoms with E-state index in [9.17, 15) is 9.59 Å². The molecule has 1 aliphatic heterocycles. The van der Waals surface area contributed by atoms with Gasteiger partial charge in [0.15, 0.2) is 16.7 Å². The molecule has 1 atom stereocenters. The highest BCUT2D eigenvalue weighted by molar-refractivity contribution is 8.15. The molecule has 1 saturated heterocycles. The van der Waals surface area contributed by atoms with E-state index in [0.29, 0.717) is 39.5 Å². The lowest BCUT2D eigenvalue weighted by atomic mass is 10.2. The Morgan fingerprint density at radius 2 is 2.10 bits per heavy atom. The van der Waals surface area contributed by atoms with Crippen LogP contribution in [0, 0.1) is 0 Å². The number of anilines is 1. The summed E-state index contributed by atoms with van der Waals surface area (Å²) in [6.45, 7) is 2.31. The van der Waals surface area contributed by atoms with Crippen LogP contribution < -0.4 is 20.1 Å². The van der Waals surface area contributed by atoms with Crippen LogP contribution in [0.25, 0.3) is 0 Å². The number of thioether (sulfide) groups is 1. The van der Waals surface area contributed by atoms with Gasteiger partial charge in [-0.25, -0.2) is 0 Å². The highest BCUT2D eigenvalue weighted by atomic mass is 35.5. The maximum absolute atomic E-state index is 12.2. The normalized spacial score (nSPS) is 17.1. The molecule has 0 saturated carbocycles. The molecular formula is C21H21ClN4O4S. The lowest BCUT2D eigenvalue weighted by Gasteiger charge is -2.11. The minimum atomic E-state index is -0.572. The van der Waals surface area contributed by atoms with Crippen LogP contribution in [-0.2, 0) is 9.59 Å². The fourth-order valence-electron chi connectivity index (χ4n) is 2.74. The summed E-state index contributed by atoms with van der Waals surface area (Å²) in [5, 5.41) is 13.6. The van der Waals surface area contributed by atoms with E-state index in [1.165, 1.54) is 13.3 Å². The SMILES string of the molecule is CCOc1c(Cl)cc(/C=N/N=C2\NC(=O)C(CC(=O)Nc3ccccc3)S2)cc1OC. The van der Waals surface area contributed by atoms with Crippen molar-refractivity contribution < 1.29 is 19.1 Å². The number of hydrogen-bond acceptors (Lipinski definition) is 7. The summed E-state index contributed by atoms with van der Waals surface area (Å²) in [4.78, 5) is 24.3. The minimum Gasteiger partial charge on any atom is -0.493 e. The second-order valence-corrected chi connectivity index (χ2v) is 7.93. The van der Waals surface area contributed by atoms with E-state index in [4.69, 9.17) is 21.1 Å². The van der Waals surface area contributed by atoms with Crippen LogP contribution >= 0.6 is 23.4 Å². The fraction of sp³-hybridized carbons (Fsp3) is 0.238. The predicted octanol–water partition coefficient (Wildman–Crippen LogP) is 3.70. The van der Waals surface area contributed by atoms with E-state index >= 15 is 0 Å². The van der Waals surface area contributed by atoms with E-state index in [-0.39, 0.29) is 18.2 Å². The number of halogens is 1. The number of amidine groups is 1. The van der Waals surface area contributed by atoms with Crippen LogP contribution in [-0.4, -0.2) is 42.2 Å². The molecule has 162 valence electrons. The number of methoxy groups -OCH3 is 1. The van der Waals surface area contributed by atoms with Crippen molar-refractivity contribution in [2.75, 3.05) is 19.0 Å². The van der Waals surface area contributed by atoms with Gasteiger partial charge >= 0.3 is 0 Å². The van der Waals surface area contributed by atoms with E-state index in [1.54, 1.807) is 24.3 Å². The van der Waals surface area contributed by atoms with Crippen molar-refractivity contribution >= 4 is 52.2 Å². The number of amides is 2. The Balaban J connectivity index is 1.61. The van der Waals surface area contributed by atoms with Crippen molar-refractivity contribution in [1.82, 2.24) is 5.32 Å². The van der Waals surface area contributed by atoms with Crippen LogP contribution in [0.15, 0.2) is 52.7 Å². The first-order valence-electron chi connectivity index (χ1n) is 9.44. The van der Waals surface area contributed by atoms with Gasteiger partial charge in [-0.05, 0) is 31.2 Å². The first-order chi connectivity index (χ1) is 15.0. The van der Waals surface area contributed by atoms with Gasteiger partial charge in [0.25, 0.3) is 0 Å². The number of carbonyl (C=O) groups excluding carboxylic acids is 2. The standard InChI is InChI=1S/C21H21ClN4O4S/c1-3-30-19-15(22)9-13(10-16(19)29-2)12-23-26-21-25-20(28)17(31-21)11-18(27)24-14-7-5-4-6-8-14/h4-10,12,17H,3,11H2,1-2H3,(H,24,27)(H,25,26,28)/b23-12+. The number of hydrogen-bond donors (Lipinski definition) is 2. The number of rotatable bonds is 8. The Labute approximate surface area is 189 Å². The van der Waals surface area contributed by atoms with Gasteiger partial charge in [-0.1, -0.05) is 41.6 Å². The molecule has 1 heterocycles. The zero-order valence-electron chi connectivity index (χ0n) is 16.9. The highest BCUT2D eigenvalue weighted by Crippen LogP contribution is 2.36. The number of benzene rings is 2. The van der Waals surface area contributed by atoms with Gasteiger partial charge in [0, 0.05) is 17.7 Å². The van der Waals surface area contributed by atoms with Gasteiger partial charge in [-0.2, -0.15) is 5.10 Å². The van der Waals surface area contributed by atoms with Crippen LogP contribution in [0.4, 0.5) is 5.69 Å². The molecule has 8 nitrogen and oxygen atoms in total. The molecule has 2 aromatic rings. The van der Waals surface area contributed by atoms with Crippen molar-refractivity contribution in [3.05, 3.63) is 53.1 Å². The average Bonchev–Trinajstić information content (AvgIpc) is 3.09. The van der Waals surface area contributed by atoms with Gasteiger partial charge in [-0.15, -0.1) is 5.10 Å². The Morgan fingerprint density at radius 1 is 1.32 bits per heavy atom. The summed E-state index contributed by atoms with van der Waals surface area (Å²) in [5.41, 5.74) is 1.33. The van der Waals surface area contributed by atoms with Crippen molar-refractivity contribution in [3.63, 3.8) is 0 Å². The van der Waals surface area contributed by atoms with Crippen LogP contribution in [0.1, 0.15) is 18.9 Å². The molecule has 31 heavy (non-hydrogen) atoms. The number of nitrogens with one attached hydrogen (secondary N) is 2. The number of carbonyl (C=O) groups is 2. The van der Waals surface area contributed by atoms with Gasteiger partial charge in [0.1, 0.15) is 5.25 Å². The molecular weight excluding hydrogens is 440 g/mol. The van der Waals surface area contributed by atoms with Crippen molar-refractivity contribution in [2.45, 2.75) is 18.6 Å². The zero-order valence-corrected chi connectivity index (χ0v) is 18.5. The van der Waals surface area contributed by atoms with E-state index in [2.05, 4.69) is 20.8 Å². The van der Waals surface area contributed by atoms with Crippen molar-refractivity contribution in [2.24, 2.45) is 10.2 Å². The van der Waals surface area contributed by atoms with E-state index in [1.807, 2.05) is 25.1 Å². The smallest absolute Gasteiger partial charge is 0.240 e. The summed E-state index contributed by atoms with van der Waals surface area (Å²) in [5.74, 6) is 0.412. The molecule has 10 heteroatoms. The minimum absolute atomic E-state index is 0.0276. The quantitative estimate of drug-likeness (QED) is 0.462. The molecule has 0 radical (unpaired) electrons. The van der Waals surface area contributed by atoms with Crippen molar-refractivity contribution in [1.29, 1.82) is 0 Å². The lowest BCUT2D eigenvalue weighted by Crippen LogP contribution is -2.28. The molecule has 2 N–H and O–H groups in total. The fourth-order valence-corrected chi connectivity index (χ4v) is 3.93. The van der Waals surface area contributed by atoms with Crippen molar-refractivity contribution in [3.8, 4) is 11.5 Å². The maximum atomic E-state index is 12.2. The first kappa shape index (κ1) is 22.6. The van der Waals surface area contributed by atoms with Gasteiger partial charge in [0.05, 0.1) is 25.0 Å². The third-order valence-corrected chi connectivity index (χ3v) is 5.45. The van der Waals surface area contributed by atoms with E-state index in [0.717, 1.165) is 11.8 Å². The van der Waals surface area contributed by atoms with Gasteiger partial charge in [-0.3, -0.25) is 9.59 Å². The van der Waals surface area contributed by atoms with Crippen LogP contribution in [0.3, 0.4) is 0 Å². The Hall–Kier alpha value is -3.04. The Bertz CT molecular complexity index is 1010. The summed E-state index contributed by atoms with van der Waals surface area (Å²) >= 11 is 7.40. The third kappa shape index (κ3) is 6.22. The Morgan fingerprint density at radius 3 is 2.81 bits per heavy atom.